The number of nitrogens with one attached hydrogen (secondary N) is 3. The van der Waals surface area contributed by atoms with Gasteiger partial charge < -0.3 is 10.6 Å². The minimum Gasteiger partial charge on any atom is -0.326 e. The molecule has 2 aromatic rings. The molecule has 3 N–H and O–H groups in total. The number of benzene rings is 2. The fourth-order valence-electron chi connectivity index (χ4n) is 3.46. The lowest BCUT2D eigenvalue weighted by molar-refractivity contribution is -0.123. The van der Waals surface area contributed by atoms with Crippen molar-refractivity contribution >= 4 is 33.2 Å². The molecule has 2 amide bonds. The number of hydrogen-bond acceptors (Lipinski definition) is 4. The van der Waals surface area contributed by atoms with Gasteiger partial charge in [0.25, 0.3) is 0 Å². The number of anilines is 2. The van der Waals surface area contributed by atoms with Crippen molar-refractivity contribution in [3.05, 3.63) is 52.1 Å². The van der Waals surface area contributed by atoms with Crippen LogP contribution >= 0.6 is 0 Å². The van der Waals surface area contributed by atoms with Gasteiger partial charge in [-0.3, -0.25) is 9.59 Å². The van der Waals surface area contributed by atoms with Crippen molar-refractivity contribution in [3.8, 4) is 0 Å². The summed E-state index contributed by atoms with van der Waals surface area (Å²) in [4.78, 5) is 24.8. The number of hydrogen-bond donors (Lipinski definition) is 3. The van der Waals surface area contributed by atoms with Crippen molar-refractivity contribution in [1.82, 2.24) is 4.72 Å². The van der Waals surface area contributed by atoms with Crippen LogP contribution in [-0.2, 0) is 19.6 Å². The highest BCUT2D eigenvalue weighted by Gasteiger charge is 2.24. The standard InChI is InChI=1S/C25H35N3O4S/c1-15-16(2)18(4)23(19(5)17(15)3)33(31,32)26-13-12-22(29)27-20-10-9-11-21(14-20)28-24(30)25(6,7)8/h9-11,14,26H,12-13H2,1-8H3,(H,27,29)(H,28,30). The Morgan fingerprint density at radius 3 is 1.82 bits per heavy atom. The van der Waals surface area contributed by atoms with Crippen LogP contribution in [0.2, 0.25) is 0 Å². The van der Waals surface area contributed by atoms with E-state index in [4.69, 9.17) is 0 Å². The molecule has 0 aliphatic carbocycles. The van der Waals surface area contributed by atoms with E-state index in [2.05, 4.69) is 15.4 Å². The van der Waals surface area contributed by atoms with Crippen LogP contribution in [0.3, 0.4) is 0 Å². The molecule has 2 rings (SSSR count). The predicted molar refractivity (Wildman–Crippen MR) is 133 cm³/mol. The van der Waals surface area contributed by atoms with Gasteiger partial charge in [0.05, 0.1) is 4.90 Å². The number of amides is 2. The Hall–Kier alpha value is -2.71. The smallest absolute Gasteiger partial charge is 0.241 e. The molecular weight excluding hydrogens is 438 g/mol. The first-order valence-corrected chi connectivity index (χ1v) is 12.4. The lowest BCUT2D eigenvalue weighted by Gasteiger charge is -2.19. The van der Waals surface area contributed by atoms with E-state index >= 15 is 0 Å². The second-order valence-electron chi connectivity index (χ2n) is 9.44. The van der Waals surface area contributed by atoms with Crippen LogP contribution in [0, 0.1) is 40.0 Å². The Morgan fingerprint density at radius 2 is 1.30 bits per heavy atom. The van der Waals surface area contributed by atoms with Crippen molar-refractivity contribution in [2.45, 2.75) is 66.7 Å². The summed E-state index contributed by atoms with van der Waals surface area (Å²) in [6.45, 7) is 14.9. The Labute approximate surface area is 197 Å². The quantitative estimate of drug-likeness (QED) is 0.550. The second kappa shape index (κ2) is 10.1. The molecule has 0 fully saturated rings. The van der Waals surface area contributed by atoms with Crippen molar-refractivity contribution < 1.29 is 18.0 Å². The normalized spacial score (nSPS) is 11.9. The second-order valence-corrected chi connectivity index (χ2v) is 11.1. The van der Waals surface area contributed by atoms with E-state index in [0.29, 0.717) is 11.4 Å². The van der Waals surface area contributed by atoms with Gasteiger partial charge in [-0.25, -0.2) is 13.1 Å². The predicted octanol–water partition coefficient (Wildman–Crippen LogP) is 4.52. The van der Waals surface area contributed by atoms with Crippen molar-refractivity contribution in [2.24, 2.45) is 5.41 Å². The SMILES string of the molecule is Cc1c(C)c(C)c(S(=O)(=O)NCCC(=O)Nc2cccc(NC(=O)C(C)(C)C)c2)c(C)c1C. The molecule has 180 valence electrons. The molecule has 0 radical (unpaired) electrons. The molecule has 7 nitrogen and oxygen atoms in total. The summed E-state index contributed by atoms with van der Waals surface area (Å²) >= 11 is 0. The third-order valence-electron chi connectivity index (χ3n) is 5.93. The van der Waals surface area contributed by atoms with Crippen molar-refractivity contribution in [1.29, 1.82) is 0 Å². The largest absolute Gasteiger partial charge is 0.326 e. The number of sulfonamides is 1. The summed E-state index contributed by atoms with van der Waals surface area (Å²) in [6, 6.07) is 6.84. The monoisotopic (exact) mass is 473 g/mol. The minimum atomic E-state index is -3.76. The van der Waals surface area contributed by atoms with Gasteiger partial charge in [0, 0.05) is 29.8 Å². The first-order valence-electron chi connectivity index (χ1n) is 10.9. The van der Waals surface area contributed by atoms with E-state index in [9.17, 15) is 18.0 Å². The van der Waals surface area contributed by atoms with Crippen molar-refractivity contribution in [3.63, 3.8) is 0 Å². The molecule has 0 atom stereocenters. The molecule has 0 aliphatic heterocycles. The van der Waals surface area contributed by atoms with Crippen molar-refractivity contribution in [2.75, 3.05) is 17.2 Å². The Kier molecular flexibility index (Phi) is 8.09. The van der Waals surface area contributed by atoms with Gasteiger partial charge in [-0.1, -0.05) is 26.8 Å². The lowest BCUT2D eigenvalue weighted by Crippen LogP contribution is -2.29. The lowest BCUT2D eigenvalue weighted by atomic mass is 9.95. The molecule has 0 bridgehead atoms. The first kappa shape index (κ1) is 26.5. The van der Waals surface area contributed by atoms with Gasteiger partial charge in [-0.2, -0.15) is 0 Å². The molecule has 0 unspecified atom stereocenters. The van der Waals surface area contributed by atoms with Crippen LogP contribution in [0.15, 0.2) is 29.2 Å². The van der Waals surface area contributed by atoms with Gasteiger partial charge in [0.15, 0.2) is 0 Å². The highest BCUT2D eigenvalue weighted by molar-refractivity contribution is 7.89. The summed E-state index contributed by atoms with van der Waals surface area (Å²) < 4.78 is 28.5. The summed E-state index contributed by atoms with van der Waals surface area (Å²) in [5.41, 5.74) is 4.99. The van der Waals surface area contributed by atoms with E-state index in [1.807, 2.05) is 55.4 Å². The third kappa shape index (κ3) is 6.42. The fraction of sp³-hybridized carbons (Fsp3) is 0.440. The number of rotatable bonds is 7. The number of carbonyl (C=O) groups excluding carboxylic acids is 2. The van der Waals surface area contributed by atoms with E-state index in [0.717, 1.165) is 27.8 Å². The highest BCUT2D eigenvalue weighted by Crippen LogP contribution is 2.29. The van der Waals surface area contributed by atoms with Gasteiger partial charge in [-0.15, -0.1) is 0 Å². The maximum absolute atomic E-state index is 13.0. The van der Waals surface area contributed by atoms with Crippen LogP contribution in [0.25, 0.3) is 0 Å². The van der Waals surface area contributed by atoms with Crippen LogP contribution < -0.4 is 15.4 Å². The minimum absolute atomic E-state index is 0.0280. The van der Waals surface area contributed by atoms with Gasteiger partial charge in [0.1, 0.15) is 0 Å². The topological polar surface area (TPSA) is 104 Å². The fourth-order valence-corrected chi connectivity index (χ4v) is 5.08. The maximum Gasteiger partial charge on any atom is 0.241 e. The van der Waals surface area contributed by atoms with Crippen LogP contribution in [0.1, 0.15) is 55.0 Å². The Bertz CT molecular complexity index is 1150. The molecule has 0 aromatic heterocycles. The third-order valence-corrected chi connectivity index (χ3v) is 7.66. The van der Waals surface area contributed by atoms with Crippen LogP contribution in [-0.4, -0.2) is 26.8 Å². The zero-order valence-corrected chi connectivity index (χ0v) is 21.6. The first-order chi connectivity index (χ1) is 15.1. The summed E-state index contributed by atoms with van der Waals surface area (Å²) in [7, 11) is -3.76. The zero-order valence-electron chi connectivity index (χ0n) is 20.8. The van der Waals surface area contributed by atoms with Gasteiger partial charge >= 0.3 is 0 Å². The van der Waals surface area contributed by atoms with E-state index in [1.165, 1.54) is 0 Å². The van der Waals surface area contributed by atoms with E-state index in [1.54, 1.807) is 24.3 Å². The van der Waals surface area contributed by atoms with Gasteiger partial charge in [-0.05, 0) is 80.6 Å². The van der Waals surface area contributed by atoms with E-state index in [-0.39, 0.29) is 29.7 Å². The average Bonchev–Trinajstić information content (AvgIpc) is 2.70. The van der Waals surface area contributed by atoms with E-state index < -0.39 is 15.4 Å². The summed E-state index contributed by atoms with van der Waals surface area (Å²) in [6.07, 6.45) is -0.0280. The molecule has 0 heterocycles. The molecule has 0 aliphatic rings. The van der Waals surface area contributed by atoms with Crippen LogP contribution in [0.4, 0.5) is 11.4 Å². The summed E-state index contributed by atoms with van der Waals surface area (Å²) in [5.74, 6) is -0.464. The maximum atomic E-state index is 13.0. The number of carbonyl (C=O) groups is 2. The summed E-state index contributed by atoms with van der Waals surface area (Å²) in [5, 5.41) is 5.56. The zero-order chi connectivity index (χ0) is 25.1. The molecule has 8 heteroatoms. The average molecular weight is 474 g/mol. The molecule has 33 heavy (non-hydrogen) atoms. The Morgan fingerprint density at radius 1 is 0.818 bits per heavy atom. The van der Waals surface area contributed by atoms with Gasteiger partial charge in [0.2, 0.25) is 21.8 Å². The molecule has 0 saturated heterocycles. The highest BCUT2D eigenvalue weighted by atomic mass is 32.2. The molecule has 0 saturated carbocycles. The molecule has 2 aromatic carbocycles. The van der Waals surface area contributed by atoms with Crippen LogP contribution in [0.5, 0.6) is 0 Å². The molecule has 0 spiro atoms. The Balaban J connectivity index is 2.03. The molecular formula is C25H35N3O4S.